The highest BCUT2D eigenvalue weighted by atomic mass is 32.2. The molecule has 1 heterocycles. The molecule has 1 atom stereocenters. The minimum absolute atomic E-state index is 0.289. The van der Waals surface area contributed by atoms with Crippen molar-refractivity contribution in [2.24, 2.45) is 5.73 Å². The molecule has 6 heteroatoms. The maximum Gasteiger partial charge on any atom is 0.243 e. The summed E-state index contributed by atoms with van der Waals surface area (Å²) in [5, 5.41) is 0. The van der Waals surface area contributed by atoms with E-state index >= 15 is 0 Å². The normalized spacial score (nSPS) is 21.6. The summed E-state index contributed by atoms with van der Waals surface area (Å²) in [5.41, 5.74) is 7.33. The van der Waals surface area contributed by atoms with Crippen LogP contribution in [0.25, 0.3) is 0 Å². The number of hydrogen-bond acceptors (Lipinski definition) is 4. The third-order valence-electron chi connectivity index (χ3n) is 4.30. The van der Waals surface area contributed by atoms with Gasteiger partial charge in [0, 0.05) is 32.2 Å². The second-order valence-corrected chi connectivity index (χ2v) is 7.62. The molecule has 1 aliphatic rings. The van der Waals surface area contributed by atoms with E-state index in [1.165, 1.54) is 0 Å². The van der Waals surface area contributed by atoms with Crippen LogP contribution in [-0.2, 0) is 16.6 Å². The molecule has 0 bridgehead atoms. The highest BCUT2D eigenvalue weighted by molar-refractivity contribution is 7.89. The molecule has 0 spiro atoms. The molecule has 0 amide bonds. The van der Waals surface area contributed by atoms with E-state index < -0.39 is 10.0 Å². The quantitative estimate of drug-likeness (QED) is 0.906. The molecular formula is C15H25N3O2S. The molecule has 2 N–H and O–H groups in total. The zero-order chi connectivity index (χ0) is 15.6. The summed E-state index contributed by atoms with van der Waals surface area (Å²) in [6.07, 6.45) is 0.952. The number of sulfonamides is 1. The average Bonchev–Trinajstić information content (AvgIpc) is 2.47. The Morgan fingerprint density at radius 1 is 1.33 bits per heavy atom. The van der Waals surface area contributed by atoms with Gasteiger partial charge >= 0.3 is 0 Å². The van der Waals surface area contributed by atoms with Crippen LogP contribution < -0.4 is 5.73 Å². The molecule has 0 aliphatic carbocycles. The van der Waals surface area contributed by atoms with E-state index in [0.717, 1.165) is 24.1 Å². The van der Waals surface area contributed by atoms with Gasteiger partial charge in [-0.25, -0.2) is 8.42 Å². The topological polar surface area (TPSA) is 66.6 Å². The second kappa shape index (κ2) is 6.44. The average molecular weight is 311 g/mol. The molecule has 118 valence electrons. The van der Waals surface area contributed by atoms with Crippen molar-refractivity contribution in [2.45, 2.75) is 37.8 Å². The fraction of sp³-hybridized carbons (Fsp3) is 0.600. The third kappa shape index (κ3) is 3.29. The number of rotatable bonds is 4. The first kappa shape index (κ1) is 16.4. The summed E-state index contributed by atoms with van der Waals surface area (Å²) in [4.78, 5) is 2.63. The lowest BCUT2D eigenvalue weighted by Crippen LogP contribution is -2.52. The molecule has 0 saturated carbocycles. The van der Waals surface area contributed by atoms with Gasteiger partial charge in [-0.05, 0) is 37.6 Å². The number of benzene rings is 1. The van der Waals surface area contributed by atoms with Crippen LogP contribution in [0.3, 0.4) is 0 Å². The summed E-state index contributed by atoms with van der Waals surface area (Å²) in [6.45, 7) is 6.24. The summed E-state index contributed by atoms with van der Waals surface area (Å²) in [7, 11) is -1.36. The lowest BCUT2D eigenvalue weighted by atomic mass is 10.1. The lowest BCUT2D eigenvalue weighted by molar-refractivity contribution is 0.144. The molecule has 5 nitrogen and oxygen atoms in total. The van der Waals surface area contributed by atoms with Gasteiger partial charge in [-0.15, -0.1) is 0 Å². The molecule has 1 aromatic rings. The molecule has 1 saturated heterocycles. The first-order valence-corrected chi connectivity index (χ1v) is 8.84. The number of nitrogens with zero attached hydrogens (tertiary/aromatic N) is 2. The Hall–Kier alpha value is -0.950. The van der Waals surface area contributed by atoms with Gasteiger partial charge in [0.05, 0.1) is 4.90 Å². The summed E-state index contributed by atoms with van der Waals surface area (Å²) >= 11 is 0. The Morgan fingerprint density at radius 3 is 2.62 bits per heavy atom. The van der Waals surface area contributed by atoms with E-state index in [0.29, 0.717) is 24.5 Å². The third-order valence-corrected chi connectivity index (χ3v) is 6.33. The number of hydrogen-bond donors (Lipinski definition) is 1. The predicted octanol–water partition coefficient (Wildman–Crippen LogP) is 1.17. The zero-order valence-corrected chi connectivity index (χ0v) is 13.9. The van der Waals surface area contributed by atoms with E-state index in [4.69, 9.17) is 5.73 Å². The minimum atomic E-state index is -3.42. The standard InChI is InChI=1S/C15H25N3O2S/c1-4-14-11-18(8-7-17(14)3)21(19,20)15-6-5-13(10-16)9-12(15)2/h5-6,9,14H,4,7-8,10-11,16H2,1-3H3. The van der Waals surface area contributed by atoms with Gasteiger partial charge in [-0.2, -0.15) is 4.31 Å². The zero-order valence-electron chi connectivity index (χ0n) is 13.0. The van der Waals surface area contributed by atoms with Crippen molar-refractivity contribution in [3.8, 4) is 0 Å². The van der Waals surface area contributed by atoms with Crippen molar-refractivity contribution in [3.63, 3.8) is 0 Å². The molecule has 1 aliphatic heterocycles. The first-order chi connectivity index (χ1) is 9.90. The van der Waals surface area contributed by atoms with Crippen LogP contribution in [-0.4, -0.2) is 50.3 Å². The van der Waals surface area contributed by atoms with Gasteiger partial charge in [-0.1, -0.05) is 19.1 Å². The van der Waals surface area contributed by atoms with Crippen molar-refractivity contribution in [2.75, 3.05) is 26.7 Å². The van der Waals surface area contributed by atoms with Crippen molar-refractivity contribution < 1.29 is 8.42 Å². The molecule has 0 aromatic heterocycles. The fourth-order valence-electron chi connectivity index (χ4n) is 2.84. The van der Waals surface area contributed by atoms with Crippen LogP contribution >= 0.6 is 0 Å². The van der Waals surface area contributed by atoms with Crippen LogP contribution in [0.1, 0.15) is 24.5 Å². The predicted molar refractivity (Wildman–Crippen MR) is 84.5 cm³/mol. The van der Waals surface area contributed by atoms with E-state index in [1.807, 2.05) is 13.0 Å². The van der Waals surface area contributed by atoms with Gasteiger partial charge in [0.15, 0.2) is 0 Å². The largest absolute Gasteiger partial charge is 0.326 e. The minimum Gasteiger partial charge on any atom is -0.326 e. The van der Waals surface area contributed by atoms with Gasteiger partial charge in [0.1, 0.15) is 0 Å². The summed E-state index contributed by atoms with van der Waals surface area (Å²) in [6, 6.07) is 5.64. The maximum atomic E-state index is 12.9. The van der Waals surface area contributed by atoms with Gasteiger partial charge in [-0.3, -0.25) is 0 Å². The van der Waals surface area contributed by atoms with E-state index in [-0.39, 0.29) is 6.04 Å². The molecule has 1 fully saturated rings. The SMILES string of the molecule is CCC1CN(S(=O)(=O)c2ccc(CN)cc2C)CCN1C. The number of likely N-dealkylation sites (N-methyl/N-ethyl adjacent to an activating group) is 1. The van der Waals surface area contributed by atoms with Crippen LogP contribution in [0, 0.1) is 6.92 Å². The lowest BCUT2D eigenvalue weighted by Gasteiger charge is -2.38. The Morgan fingerprint density at radius 2 is 2.05 bits per heavy atom. The number of piperazine rings is 1. The first-order valence-electron chi connectivity index (χ1n) is 7.40. The van der Waals surface area contributed by atoms with Gasteiger partial charge in [0.2, 0.25) is 10.0 Å². The molecule has 1 unspecified atom stereocenters. The molecular weight excluding hydrogens is 286 g/mol. The second-order valence-electron chi connectivity index (χ2n) is 5.71. The van der Waals surface area contributed by atoms with Crippen LogP contribution in [0.5, 0.6) is 0 Å². The monoisotopic (exact) mass is 311 g/mol. The molecule has 21 heavy (non-hydrogen) atoms. The number of nitrogens with two attached hydrogens (primary N) is 1. The van der Waals surface area contributed by atoms with Crippen molar-refractivity contribution >= 4 is 10.0 Å². The Bertz CT molecular complexity index is 601. The van der Waals surface area contributed by atoms with Crippen molar-refractivity contribution in [1.82, 2.24) is 9.21 Å². The maximum absolute atomic E-state index is 12.9. The number of aryl methyl sites for hydroxylation is 1. The molecule has 2 rings (SSSR count). The summed E-state index contributed by atoms with van der Waals surface area (Å²) in [5.74, 6) is 0. The van der Waals surface area contributed by atoms with Crippen LogP contribution in [0.4, 0.5) is 0 Å². The van der Waals surface area contributed by atoms with Crippen LogP contribution in [0.15, 0.2) is 23.1 Å². The smallest absolute Gasteiger partial charge is 0.243 e. The van der Waals surface area contributed by atoms with Gasteiger partial charge in [0.25, 0.3) is 0 Å². The Kier molecular flexibility index (Phi) is 5.03. The van der Waals surface area contributed by atoms with Crippen LogP contribution in [0.2, 0.25) is 0 Å². The van der Waals surface area contributed by atoms with Crippen molar-refractivity contribution in [1.29, 1.82) is 0 Å². The van der Waals surface area contributed by atoms with E-state index in [2.05, 4.69) is 18.9 Å². The molecule has 1 aromatic carbocycles. The van der Waals surface area contributed by atoms with E-state index in [9.17, 15) is 8.42 Å². The Labute approximate surface area is 127 Å². The molecule has 0 radical (unpaired) electrons. The summed E-state index contributed by atoms with van der Waals surface area (Å²) < 4.78 is 27.3. The fourth-order valence-corrected chi connectivity index (χ4v) is 4.52. The Balaban J connectivity index is 2.30. The van der Waals surface area contributed by atoms with Gasteiger partial charge < -0.3 is 10.6 Å². The highest BCUT2D eigenvalue weighted by Crippen LogP contribution is 2.24. The highest BCUT2D eigenvalue weighted by Gasteiger charge is 2.32. The van der Waals surface area contributed by atoms with Crippen molar-refractivity contribution in [3.05, 3.63) is 29.3 Å². The van der Waals surface area contributed by atoms with E-state index in [1.54, 1.807) is 16.4 Å².